The van der Waals surface area contributed by atoms with E-state index in [2.05, 4.69) is 39.0 Å². The van der Waals surface area contributed by atoms with Gasteiger partial charge in [0.05, 0.1) is 49.8 Å². The van der Waals surface area contributed by atoms with Gasteiger partial charge in [-0.25, -0.2) is 14.4 Å². The molecule has 0 radical (unpaired) electrons. The van der Waals surface area contributed by atoms with E-state index in [-0.39, 0.29) is 113 Å². The fourth-order valence-electron chi connectivity index (χ4n) is 17.1. The van der Waals surface area contributed by atoms with Gasteiger partial charge in [-0.05, 0) is 220 Å². The van der Waals surface area contributed by atoms with Gasteiger partial charge in [-0.1, -0.05) is 115 Å². The Morgan fingerprint density at radius 1 is 0.442 bits per heavy atom. The molecule has 6 unspecified atom stereocenters. The van der Waals surface area contributed by atoms with E-state index >= 15 is 0 Å². The van der Waals surface area contributed by atoms with E-state index in [0.29, 0.717) is 52.8 Å². The third-order valence-electron chi connectivity index (χ3n) is 22.7. The van der Waals surface area contributed by atoms with Gasteiger partial charge in [0.1, 0.15) is 17.2 Å². The Morgan fingerprint density at radius 2 is 0.760 bits per heavy atom. The summed E-state index contributed by atoms with van der Waals surface area (Å²) in [5.74, 6) is 1.45. The molecule has 23 nitrogen and oxygen atoms in total. The number of nitrogens with two attached hydrogens (primary N) is 1. The molecule has 3 aromatic rings. The van der Waals surface area contributed by atoms with Gasteiger partial charge < -0.3 is 84.8 Å². The molecule has 0 spiro atoms. The first kappa shape index (κ1) is 84.8. The highest BCUT2D eigenvalue weighted by atomic mass is 16.6. The molecule has 0 saturated heterocycles. The molecule has 23 heteroatoms. The largest absolute Gasteiger partial charge is 0.482 e. The Balaban J connectivity index is 0.000000219. The number of aliphatic hydroxyl groups excluding tert-OH is 8. The number of likely N-dealkylation sites (N-methyl/N-ethyl adjacent to an activating group) is 1. The van der Waals surface area contributed by atoms with Crippen molar-refractivity contribution < 1.29 is 98.0 Å². The maximum Gasteiger partial charge on any atom is 0.344 e. The second-order valence-corrected chi connectivity index (χ2v) is 30.2. The van der Waals surface area contributed by atoms with Crippen molar-refractivity contribution in [2.75, 3.05) is 80.0 Å². The summed E-state index contributed by atoms with van der Waals surface area (Å²) in [7, 11) is 3.22. The van der Waals surface area contributed by atoms with E-state index in [1.54, 1.807) is 14.1 Å². The molecule has 6 aliphatic rings. The van der Waals surface area contributed by atoms with E-state index in [1.807, 2.05) is 36.4 Å². The maximum absolute atomic E-state index is 12.2. The summed E-state index contributed by atoms with van der Waals surface area (Å²) in [5.41, 5.74) is 11.8. The minimum absolute atomic E-state index is 0.0564. The molecule has 582 valence electrons. The number of hydrogen-bond acceptors (Lipinski definition) is 20. The van der Waals surface area contributed by atoms with Gasteiger partial charge in [0, 0.05) is 27.2 Å². The van der Waals surface area contributed by atoms with Crippen molar-refractivity contribution in [3.63, 3.8) is 0 Å². The predicted octanol–water partition coefficient (Wildman–Crippen LogP) is 7.51. The lowest BCUT2D eigenvalue weighted by atomic mass is 9.73. The topological polar surface area (TPSA) is 352 Å². The normalized spacial score (nSPS) is 23.9. The first-order valence-corrected chi connectivity index (χ1v) is 38.8. The number of hydrogen-bond donors (Lipinski definition) is 9. The number of esters is 3. The third kappa shape index (κ3) is 25.9. The molecule has 3 saturated carbocycles. The number of unbranched alkanes of at least 4 members (excludes halogenated alkanes) is 6. The Kier molecular flexibility index (Phi) is 35.9. The summed E-state index contributed by atoms with van der Waals surface area (Å²) < 4.78 is 32.1. The lowest BCUT2D eigenvalue weighted by molar-refractivity contribution is -0.154. The highest BCUT2D eigenvalue weighted by Gasteiger charge is 2.48. The number of ether oxygens (including phenoxy) is 6. The molecule has 6 aliphatic carbocycles. The van der Waals surface area contributed by atoms with Crippen LogP contribution < -0.4 is 19.9 Å². The molecule has 15 atom stereocenters. The Hall–Kier alpha value is -6.44. The molecule has 10 N–H and O–H groups in total. The van der Waals surface area contributed by atoms with Gasteiger partial charge in [0.15, 0.2) is 39.6 Å². The van der Waals surface area contributed by atoms with Gasteiger partial charge in [0.2, 0.25) is 0 Å². The van der Waals surface area contributed by atoms with Crippen LogP contribution in [0.5, 0.6) is 17.2 Å². The molecule has 3 amide bonds. The van der Waals surface area contributed by atoms with Gasteiger partial charge in [-0.2, -0.15) is 0 Å². The first-order valence-electron chi connectivity index (χ1n) is 38.8. The van der Waals surface area contributed by atoms with Crippen LogP contribution in [0.15, 0.2) is 54.6 Å². The van der Waals surface area contributed by atoms with Crippen molar-refractivity contribution in [1.29, 1.82) is 0 Å². The van der Waals surface area contributed by atoms with Gasteiger partial charge in [-0.15, -0.1) is 0 Å². The van der Waals surface area contributed by atoms with Crippen molar-refractivity contribution in [2.24, 2.45) is 59.0 Å². The van der Waals surface area contributed by atoms with E-state index in [9.17, 15) is 59.4 Å². The zero-order chi connectivity index (χ0) is 75.2. The number of benzene rings is 3. The smallest absolute Gasteiger partial charge is 0.344 e. The number of fused-ring (bicyclic) bond motifs is 6. The van der Waals surface area contributed by atoms with Crippen LogP contribution in [-0.4, -0.2) is 203 Å². The number of rotatable bonds is 40. The van der Waals surface area contributed by atoms with Gasteiger partial charge >= 0.3 is 17.9 Å². The summed E-state index contributed by atoms with van der Waals surface area (Å²) >= 11 is 0. The number of carbonyl (C=O) groups excluding carboxylic acids is 6. The third-order valence-corrected chi connectivity index (χ3v) is 22.7. The zero-order valence-electron chi connectivity index (χ0n) is 62.5. The summed E-state index contributed by atoms with van der Waals surface area (Å²) in [6, 6.07) is 17.6. The van der Waals surface area contributed by atoms with Crippen LogP contribution in [0.1, 0.15) is 189 Å². The standard InChI is InChI=1S/C29H45NO8.C27H41NO6.C25H37NO6/c1-2-3-4-7-22(33)9-10-23-24-15-20-6-5-8-27(25(20)16-21(24)17-26(23)34)37-19-29(36)38-18-28(35)30(11-13-31)12-14-32;1-4-5-6-9-20(29)11-12-21-22-13-18-8-7-10-25(23(18)14-19(22)15-24(21)30)33-17-27(32)34-16-26(31)28(2)3;1-2-3-4-7-18(27)9-10-19-20-11-16-6-5-8-23(21(16)12-17(20)13-22(19)28)31-15-25(30)32-14-24(26)29/h5-6,8,21-24,26,31-34H,2-4,7,9-19H2,1H3;7-8,10,19-22,24,29-30H,4-6,9,11-17H2,1-3H3;5-6,8,17-20,22,27-28H,2-4,7,9-15H2,1H3,(H2,26,29)/t21?,22-,23-,24?,26-;19?,20-,21-,22?,24-;17?,18-,19-,20?,22-/m111/s1. The fourth-order valence-corrected chi connectivity index (χ4v) is 17.1. The molecular weight excluding hydrogens is 1330 g/mol. The van der Waals surface area contributed by atoms with E-state index in [1.165, 1.54) is 26.5 Å². The molecule has 0 aliphatic heterocycles. The molecule has 3 aromatic carbocycles. The first-order chi connectivity index (χ1) is 50.1. The quantitative estimate of drug-likeness (QED) is 0.0151. The highest BCUT2D eigenvalue weighted by molar-refractivity contribution is 5.82. The van der Waals surface area contributed by atoms with Crippen molar-refractivity contribution in [1.82, 2.24) is 9.80 Å². The monoisotopic (exact) mass is 1460 g/mol. The van der Waals surface area contributed by atoms with Crippen molar-refractivity contribution in [2.45, 2.75) is 231 Å². The molecule has 0 heterocycles. The van der Waals surface area contributed by atoms with E-state index in [0.717, 1.165) is 190 Å². The lowest BCUT2D eigenvalue weighted by Crippen LogP contribution is -2.39. The summed E-state index contributed by atoms with van der Waals surface area (Å²) in [6.07, 6.45) is 22.7. The van der Waals surface area contributed by atoms with Crippen molar-refractivity contribution >= 4 is 35.6 Å². The number of amides is 3. The van der Waals surface area contributed by atoms with Crippen LogP contribution in [0, 0.1) is 53.3 Å². The second-order valence-electron chi connectivity index (χ2n) is 30.2. The van der Waals surface area contributed by atoms with Crippen molar-refractivity contribution in [3.05, 3.63) is 88.0 Å². The van der Waals surface area contributed by atoms with E-state index < -0.39 is 42.9 Å². The summed E-state index contributed by atoms with van der Waals surface area (Å²) in [4.78, 5) is 73.1. The average molecular weight is 1460 g/mol. The van der Waals surface area contributed by atoms with Gasteiger partial charge in [0.25, 0.3) is 17.7 Å². The molecular formula is C81H123N3O20. The molecule has 104 heavy (non-hydrogen) atoms. The number of primary amides is 1. The average Bonchev–Trinajstić information content (AvgIpc) is 1.63. The Labute approximate surface area is 615 Å². The molecule has 9 rings (SSSR count). The minimum Gasteiger partial charge on any atom is -0.482 e. The number of nitrogens with zero attached hydrogens (tertiary/aromatic N) is 2. The number of carbonyl (C=O) groups is 6. The molecule has 3 fully saturated rings. The van der Waals surface area contributed by atoms with Crippen LogP contribution in [0.25, 0.3) is 0 Å². The van der Waals surface area contributed by atoms with Crippen LogP contribution >= 0.6 is 0 Å². The Morgan fingerprint density at radius 3 is 1.06 bits per heavy atom. The van der Waals surface area contributed by atoms with Crippen LogP contribution in [0.3, 0.4) is 0 Å². The SMILES string of the molecule is CCCCC[C@@H](O)CC[C@@H]1C2Cc3cccc(OCC(=O)OCC(=O)N(C)C)c3CC2C[C@H]1O.CCCCC[C@@H](O)CC[C@@H]1C2Cc3cccc(OCC(=O)OCC(=O)N(CCO)CCO)c3CC2C[C@H]1O.CCCCC[C@@H](O)CC[C@@H]1C2Cc3cccc(OCC(=O)OCC(N)=O)c3CC2C[C@H]1O. The summed E-state index contributed by atoms with van der Waals surface area (Å²) in [5, 5.41) is 81.6. The van der Waals surface area contributed by atoms with Crippen LogP contribution in [0.2, 0.25) is 0 Å². The van der Waals surface area contributed by atoms with E-state index in [4.69, 9.17) is 44.4 Å². The Bertz CT molecular complexity index is 3140. The second kappa shape index (κ2) is 44.0. The molecule has 0 aromatic heterocycles. The van der Waals surface area contributed by atoms with Crippen LogP contribution in [0.4, 0.5) is 0 Å². The predicted molar refractivity (Wildman–Crippen MR) is 391 cm³/mol. The van der Waals surface area contributed by atoms with Crippen LogP contribution in [-0.2, 0) is 81.5 Å². The summed E-state index contributed by atoms with van der Waals surface area (Å²) in [6.45, 7) is 4.02. The highest BCUT2D eigenvalue weighted by Crippen LogP contribution is 2.52. The molecule has 0 bridgehead atoms. The van der Waals surface area contributed by atoms with Crippen molar-refractivity contribution in [3.8, 4) is 17.2 Å². The minimum atomic E-state index is -0.704. The lowest BCUT2D eigenvalue weighted by Gasteiger charge is -2.32. The maximum atomic E-state index is 12.2. The fraction of sp³-hybridized carbons (Fsp3) is 0.704. The number of aliphatic hydroxyl groups is 8. The van der Waals surface area contributed by atoms with Gasteiger partial charge in [-0.3, -0.25) is 14.4 Å². The zero-order valence-corrected chi connectivity index (χ0v) is 62.5.